The number of nitrogens with one attached hydrogen (secondary N) is 1. The molecule has 8 heteroatoms. The maximum absolute atomic E-state index is 13.7. The van der Waals surface area contributed by atoms with E-state index in [2.05, 4.69) is 10.5 Å². The minimum Gasteiger partial charge on any atom is -0.286 e. The van der Waals surface area contributed by atoms with Gasteiger partial charge in [0.15, 0.2) is 0 Å². The standard InChI is InChI=1S/C17H21FN2O4S/c1-16(2)11-7-8-17(16,10-25(22,23)24)14(9-11)19-20-15(21)12-5-3-4-6-13(12)18/h3-6,11H,7-10H2,1-2H3,(H,20,21)(H,22,23,24)/b19-14+. The van der Waals surface area contributed by atoms with E-state index in [0.717, 1.165) is 6.42 Å². The highest BCUT2D eigenvalue weighted by Crippen LogP contribution is 2.64. The van der Waals surface area contributed by atoms with Gasteiger partial charge < -0.3 is 0 Å². The number of amides is 1. The van der Waals surface area contributed by atoms with Crippen LogP contribution in [0.15, 0.2) is 29.4 Å². The lowest BCUT2D eigenvalue weighted by molar-refractivity contribution is 0.0950. The number of hydrogen-bond acceptors (Lipinski definition) is 4. The average molecular weight is 368 g/mol. The average Bonchev–Trinajstić information content (AvgIpc) is 2.85. The Morgan fingerprint density at radius 1 is 1.40 bits per heavy atom. The van der Waals surface area contributed by atoms with Gasteiger partial charge in [0.25, 0.3) is 16.0 Å². The molecule has 0 saturated heterocycles. The van der Waals surface area contributed by atoms with Crippen LogP contribution in [-0.2, 0) is 10.1 Å². The zero-order chi connectivity index (χ0) is 18.5. The van der Waals surface area contributed by atoms with E-state index < -0.39 is 33.0 Å². The molecule has 1 aromatic carbocycles. The van der Waals surface area contributed by atoms with Gasteiger partial charge in [-0.3, -0.25) is 9.35 Å². The van der Waals surface area contributed by atoms with Crippen LogP contribution in [0, 0.1) is 22.6 Å². The van der Waals surface area contributed by atoms with Crippen LogP contribution in [-0.4, -0.2) is 30.3 Å². The van der Waals surface area contributed by atoms with Crippen LogP contribution in [0.5, 0.6) is 0 Å². The van der Waals surface area contributed by atoms with Gasteiger partial charge in [0.05, 0.1) is 11.3 Å². The zero-order valence-corrected chi connectivity index (χ0v) is 14.9. The predicted molar refractivity (Wildman–Crippen MR) is 91.3 cm³/mol. The minimum atomic E-state index is -4.21. The van der Waals surface area contributed by atoms with E-state index >= 15 is 0 Å². The van der Waals surface area contributed by atoms with Gasteiger partial charge in [-0.2, -0.15) is 13.5 Å². The van der Waals surface area contributed by atoms with Crippen molar-refractivity contribution in [2.75, 3.05) is 5.75 Å². The molecule has 6 nitrogen and oxygen atoms in total. The largest absolute Gasteiger partial charge is 0.286 e. The fraction of sp³-hybridized carbons (Fsp3) is 0.529. The molecule has 1 aromatic rings. The van der Waals surface area contributed by atoms with Crippen LogP contribution in [0.2, 0.25) is 0 Å². The van der Waals surface area contributed by atoms with Crippen molar-refractivity contribution in [2.45, 2.75) is 33.1 Å². The van der Waals surface area contributed by atoms with Gasteiger partial charge in [0.1, 0.15) is 5.82 Å². The van der Waals surface area contributed by atoms with Crippen molar-refractivity contribution in [3.63, 3.8) is 0 Å². The third kappa shape index (κ3) is 2.97. The molecular formula is C17H21FN2O4S. The van der Waals surface area contributed by atoms with E-state index in [1.165, 1.54) is 18.2 Å². The molecule has 0 heterocycles. The van der Waals surface area contributed by atoms with Crippen molar-refractivity contribution in [3.8, 4) is 0 Å². The number of benzene rings is 1. The Kier molecular flexibility index (Phi) is 4.23. The Morgan fingerprint density at radius 2 is 2.08 bits per heavy atom. The number of hydrazone groups is 1. The summed E-state index contributed by atoms with van der Waals surface area (Å²) in [6.45, 7) is 3.94. The molecule has 2 bridgehead atoms. The maximum atomic E-state index is 13.7. The first-order valence-corrected chi connectivity index (χ1v) is 9.75. The molecule has 1 amide bonds. The lowest BCUT2D eigenvalue weighted by Gasteiger charge is -2.37. The van der Waals surface area contributed by atoms with E-state index in [1.807, 2.05) is 13.8 Å². The summed E-state index contributed by atoms with van der Waals surface area (Å²) in [5.74, 6) is -1.52. The molecule has 2 saturated carbocycles. The predicted octanol–water partition coefficient (Wildman–Crippen LogP) is 2.63. The highest BCUT2D eigenvalue weighted by molar-refractivity contribution is 7.85. The second-order valence-electron chi connectivity index (χ2n) is 7.45. The van der Waals surface area contributed by atoms with Gasteiger partial charge in [0.2, 0.25) is 0 Å². The third-order valence-corrected chi connectivity index (χ3v) is 6.86. The normalized spacial score (nSPS) is 29.1. The van der Waals surface area contributed by atoms with E-state index in [9.17, 15) is 22.2 Å². The lowest BCUT2D eigenvalue weighted by atomic mass is 9.70. The van der Waals surface area contributed by atoms with Crippen LogP contribution in [0.25, 0.3) is 0 Å². The number of rotatable bonds is 4. The van der Waals surface area contributed by atoms with Gasteiger partial charge in [-0.1, -0.05) is 26.0 Å². The Bertz CT molecular complexity index is 850. The zero-order valence-electron chi connectivity index (χ0n) is 14.1. The number of carbonyl (C=O) groups is 1. The molecule has 2 aliphatic carbocycles. The molecule has 0 aromatic heterocycles. The fourth-order valence-electron chi connectivity index (χ4n) is 4.43. The number of halogens is 1. The minimum absolute atomic E-state index is 0.127. The quantitative estimate of drug-likeness (QED) is 0.631. The van der Waals surface area contributed by atoms with Crippen LogP contribution in [0.1, 0.15) is 43.5 Å². The second kappa shape index (κ2) is 5.88. The molecule has 0 radical (unpaired) electrons. The van der Waals surface area contributed by atoms with E-state index in [0.29, 0.717) is 18.6 Å². The van der Waals surface area contributed by atoms with Crippen molar-refractivity contribution in [1.82, 2.24) is 5.43 Å². The molecule has 2 fully saturated rings. The first kappa shape index (κ1) is 18.0. The summed E-state index contributed by atoms with van der Waals surface area (Å²) in [4.78, 5) is 12.2. The van der Waals surface area contributed by atoms with Crippen molar-refractivity contribution >= 4 is 21.7 Å². The SMILES string of the molecule is CC1(C)C2CCC1(CS(=O)(=O)O)/C(=N/NC(=O)c1ccccc1F)C2. The molecule has 2 N–H and O–H groups in total. The van der Waals surface area contributed by atoms with Crippen molar-refractivity contribution in [1.29, 1.82) is 0 Å². The van der Waals surface area contributed by atoms with Gasteiger partial charge in [-0.25, -0.2) is 9.82 Å². The molecule has 136 valence electrons. The van der Waals surface area contributed by atoms with E-state index in [-0.39, 0.29) is 16.9 Å². The first-order chi connectivity index (χ1) is 11.6. The molecule has 2 aliphatic rings. The number of carbonyl (C=O) groups excluding carboxylic acids is 1. The number of fused-ring (bicyclic) bond motifs is 2. The Labute approximate surface area is 146 Å². The summed E-state index contributed by atoms with van der Waals surface area (Å²) in [6, 6.07) is 5.56. The summed E-state index contributed by atoms with van der Waals surface area (Å²) < 4.78 is 46.2. The molecule has 2 atom stereocenters. The summed E-state index contributed by atoms with van der Waals surface area (Å²) >= 11 is 0. The second-order valence-corrected chi connectivity index (χ2v) is 8.90. The summed E-state index contributed by atoms with van der Waals surface area (Å²) in [7, 11) is -4.21. The number of nitrogens with zero attached hydrogens (tertiary/aromatic N) is 1. The molecule has 3 rings (SSSR count). The van der Waals surface area contributed by atoms with Crippen molar-refractivity contribution in [3.05, 3.63) is 35.6 Å². The maximum Gasteiger partial charge on any atom is 0.274 e. The monoisotopic (exact) mass is 368 g/mol. The van der Waals surface area contributed by atoms with Crippen LogP contribution < -0.4 is 5.43 Å². The van der Waals surface area contributed by atoms with Gasteiger partial charge >= 0.3 is 0 Å². The summed E-state index contributed by atoms with van der Waals surface area (Å²) in [5, 5.41) is 4.15. The molecule has 0 spiro atoms. The van der Waals surface area contributed by atoms with Crippen molar-refractivity contribution < 1.29 is 22.2 Å². The van der Waals surface area contributed by atoms with E-state index in [1.54, 1.807) is 6.07 Å². The van der Waals surface area contributed by atoms with Crippen molar-refractivity contribution in [2.24, 2.45) is 21.8 Å². The molecule has 25 heavy (non-hydrogen) atoms. The molecule has 2 unspecified atom stereocenters. The van der Waals surface area contributed by atoms with Gasteiger partial charge in [-0.15, -0.1) is 0 Å². The fourth-order valence-corrected chi connectivity index (χ4v) is 5.73. The lowest BCUT2D eigenvalue weighted by Crippen LogP contribution is -2.43. The summed E-state index contributed by atoms with van der Waals surface area (Å²) in [6.07, 6.45) is 1.99. The molecular weight excluding hydrogens is 347 g/mol. The van der Waals surface area contributed by atoms with Crippen LogP contribution in [0.3, 0.4) is 0 Å². The summed E-state index contributed by atoms with van der Waals surface area (Å²) in [5.41, 5.74) is 1.60. The Balaban J connectivity index is 1.90. The van der Waals surface area contributed by atoms with E-state index in [4.69, 9.17) is 0 Å². The number of hydrogen-bond donors (Lipinski definition) is 2. The van der Waals surface area contributed by atoms with Gasteiger partial charge in [0, 0.05) is 11.1 Å². The Morgan fingerprint density at radius 3 is 2.68 bits per heavy atom. The molecule has 0 aliphatic heterocycles. The highest BCUT2D eigenvalue weighted by atomic mass is 32.2. The van der Waals surface area contributed by atoms with Crippen LogP contribution >= 0.6 is 0 Å². The van der Waals surface area contributed by atoms with Gasteiger partial charge in [-0.05, 0) is 42.7 Å². The first-order valence-electron chi connectivity index (χ1n) is 8.14. The smallest absolute Gasteiger partial charge is 0.274 e. The highest BCUT2D eigenvalue weighted by Gasteiger charge is 2.64. The van der Waals surface area contributed by atoms with Crippen LogP contribution in [0.4, 0.5) is 4.39 Å². The Hall–Kier alpha value is -1.80. The third-order valence-electron chi connectivity index (χ3n) is 6.01. The topological polar surface area (TPSA) is 95.8 Å².